The van der Waals surface area contributed by atoms with Crippen molar-refractivity contribution >= 4 is 29.1 Å². The zero-order valence-electron chi connectivity index (χ0n) is 23.4. The molecular formula is C31H35ClN8. The Labute approximate surface area is 240 Å². The molecule has 2 N–H and O–H groups in total. The van der Waals surface area contributed by atoms with Crippen molar-refractivity contribution in [2.45, 2.75) is 53.0 Å². The Kier molecular flexibility index (Phi) is 7.04. The van der Waals surface area contributed by atoms with Gasteiger partial charge in [-0.15, -0.1) is 0 Å². The van der Waals surface area contributed by atoms with Crippen LogP contribution in [0, 0.1) is 5.41 Å². The predicted octanol–water partition coefficient (Wildman–Crippen LogP) is 5.98. The molecule has 2 aliphatic heterocycles. The molecule has 40 heavy (non-hydrogen) atoms. The molecule has 1 fully saturated rings. The van der Waals surface area contributed by atoms with Crippen LogP contribution in [0.25, 0.3) is 22.5 Å². The van der Waals surface area contributed by atoms with Crippen LogP contribution < -0.4 is 15.5 Å². The van der Waals surface area contributed by atoms with E-state index < -0.39 is 0 Å². The van der Waals surface area contributed by atoms with Gasteiger partial charge in [-0.2, -0.15) is 0 Å². The Balaban J connectivity index is 1.32. The first-order chi connectivity index (χ1) is 19.3. The van der Waals surface area contributed by atoms with Gasteiger partial charge in [0.05, 0.1) is 17.6 Å². The van der Waals surface area contributed by atoms with Crippen molar-refractivity contribution in [2.24, 2.45) is 5.41 Å². The molecule has 2 aliphatic rings. The lowest BCUT2D eigenvalue weighted by molar-refractivity contribution is 0.280. The Morgan fingerprint density at radius 2 is 1.75 bits per heavy atom. The highest BCUT2D eigenvalue weighted by atomic mass is 35.5. The van der Waals surface area contributed by atoms with E-state index in [0.717, 1.165) is 85.6 Å². The first-order valence-electron chi connectivity index (χ1n) is 14.0. The van der Waals surface area contributed by atoms with Crippen molar-refractivity contribution in [3.8, 4) is 22.5 Å². The first kappa shape index (κ1) is 26.4. The Hall–Kier alpha value is -3.78. The van der Waals surface area contributed by atoms with Gasteiger partial charge in [0.25, 0.3) is 0 Å². The molecule has 0 atom stereocenters. The van der Waals surface area contributed by atoms with E-state index in [1.165, 1.54) is 11.1 Å². The van der Waals surface area contributed by atoms with Gasteiger partial charge < -0.3 is 15.5 Å². The van der Waals surface area contributed by atoms with E-state index in [1.54, 1.807) is 24.8 Å². The topological polar surface area (TPSA) is 97.0 Å². The highest BCUT2D eigenvalue weighted by molar-refractivity contribution is 6.31. The maximum absolute atomic E-state index is 6.67. The maximum Gasteiger partial charge on any atom is 0.226 e. The average molecular weight is 555 g/mol. The predicted molar refractivity (Wildman–Crippen MR) is 162 cm³/mol. The smallest absolute Gasteiger partial charge is 0.226 e. The molecule has 3 aromatic heterocycles. The lowest BCUT2D eigenvalue weighted by Crippen LogP contribution is -2.38. The molecule has 6 rings (SSSR count). The molecule has 206 valence electrons. The number of anilines is 3. The number of benzene rings is 1. The van der Waals surface area contributed by atoms with E-state index in [4.69, 9.17) is 22.3 Å². The van der Waals surface area contributed by atoms with Crippen LogP contribution in [0.5, 0.6) is 0 Å². The molecule has 0 radical (unpaired) electrons. The number of halogens is 1. The number of nitrogen functional groups attached to an aromatic ring is 1. The van der Waals surface area contributed by atoms with Crippen molar-refractivity contribution in [1.82, 2.24) is 24.9 Å². The van der Waals surface area contributed by atoms with Gasteiger partial charge in [-0.3, -0.25) is 9.97 Å². The summed E-state index contributed by atoms with van der Waals surface area (Å²) in [4.78, 5) is 27.2. The molecule has 0 amide bonds. The minimum Gasteiger partial charge on any atom is -0.383 e. The molecule has 0 spiro atoms. The lowest BCUT2D eigenvalue weighted by atomic mass is 9.82. The zero-order chi connectivity index (χ0) is 27.9. The summed E-state index contributed by atoms with van der Waals surface area (Å²) >= 11 is 6.67. The van der Waals surface area contributed by atoms with Crippen LogP contribution in [0.2, 0.25) is 5.15 Å². The maximum atomic E-state index is 6.67. The second-order valence-corrected chi connectivity index (χ2v) is 11.8. The summed E-state index contributed by atoms with van der Waals surface area (Å²) in [5, 5.41) is 0.515. The molecular weight excluding hydrogens is 520 g/mol. The van der Waals surface area contributed by atoms with Gasteiger partial charge in [0.15, 0.2) is 0 Å². The first-order valence-corrected chi connectivity index (χ1v) is 14.4. The van der Waals surface area contributed by atoms with Gasteiger partial charge in [0.2, 0.25) is 5.95 Å². The Bertz CT molecular complexity index is 1530. The molecule has 0 bridgehead atoms. The van der Waals surface area contributed by atoms with Crippen molar-refractivity contribution < 1.29 is 0 Å². The minimum atomic E-state index is 0.348. The van der Waals surface area contributed by atoms with Crippen LogP contribution in [0.3, 0.4) is 0 Å². The molecule has 1 aromatic carbocycles. The van der Waals surface area contributed by atoms with Gasteiger partial charge in [0, 0.05) is 55.9 Å². The van der Waals surface area contributed by atoms with Gasteiger partial charge >= 0.3 is 0 Å². The number of hydrogen-bond acceptors (Lipinski definition) is 8. The van der Waals surface area contributed by atoms with Crippen LogP contribution >= 0.6 is 11.6 Å². The Morgan fingerprint density at radius 1 is 0.925 bits per heavy atom. The second kappa shape index (κ2) is 10.7. The van der Waals surface area contributed by atoms with Crippen molar-refractivity contribution in [3.05, 3.63) is 70.9 Å². The third-order valence-electron chi connectivity index (χ3n) is 8.29. The number of rotatable bonds is 5. The second-order valence-electron chi connectivity index (χ2n) is 11.5. The van der Waals surface area contributed by atoms with E-state index in [-0.39, 0.29) is 0 Å². The fraction of sp³-hybridized carbons (Fsp3) is 0.387. The van der Waals surface area contributed by atoms with E-state index in [0.29, 0.717) is 22.3 Å². The summed E-state index contributed by atoms with van der Waals surface area (Å²) in [6.45, 7) is 10.4. The van der Waals surface area contributed by atoms with Crippen LogP contribution in [0.4, 0.5) is 17.5 Å². The van der Waals surface area contributed by atoms with E-state index >= 15 is 0 Å². The number of aromatic nitrogens is 5. The SMILES string of the molecule is CCc1c(Cl)nc(N)c(-c2ccc3c(c2)CCN(c2nccc(-c4cnccn4)n2)C3)c1N1CCC(C)(C)CC1. The summed E-state index contributed by atoms with van der Waals surface area (Å²) in [7, 11) is 0. The van der Waals surface area contributed by atoms with Gasteiger partial charge in [-0.25, -0.2) is 15.0 Å². The molecule has 0 unspecified atom stereocenters. The highest BCUT2D eigenvalue weighted by Crippen LogP contribution is 2.44. The molecule has 0 aliphatic carbocycles. The number of nitrogens with zero attached hydrogens (tertiary/aromatic N) is 7. The lowest BCUT2D eigenvalue weighted by Gasteiger charge is -2.40. The third kappa shape index (κ3) is 5.08. The summed E-state index contributed by atoms with van der Waals surface area (Å²) in [5.41, 5.74) is 15.4. The standard InChI is InChI=1S/C31H35ClN8/c1-4-23-27(39-15-9-31(2,3)10-16-39)26(29(33)38-28(23)32)21-5-6-22-19-40(14-8-20(22)17-21)30-36-11-7-24(37-30)25-18-34-12-13-35-25/h5-7,11-13,17-18H,4,8-10,14-16,19H2,1-3H3,(H2,33,38). The third-order valence-corrected chi connectivity index (χ3v) is 8.60. The normalized spacial score (nSPS) is 16.6. The number of piperidine rings is 1. The van der Waals surface area contributed by atoms with Gasteiger partial charge in [-0.05, 0) is 53.9 Å². The number of fused-ring (bicyclic) bond motifs is 1. The highest BCUT2D eigenvalue weighted by Gasteiger charge is 2.30. The molecule has 4 aromatic rings. The van der Waals surface area contributed by atoms with E-state index in [1.807, 2.05) is 6.07 Å². The summed E-state index contributed by atoms with van der Waals surface area (Å²) in [6, 6.07) is 8.55. The van der Waals surface area contributed by atoms with Crippen LogP contribution in [0.1, 0.15) is 50.3 Å². The number of hydrogen-bond donors (Lipinski definition) is 1. The van der Waals surface area contributed by atoms with Crippen molar-refractivity contribution in [1.29, 1.82) is 0 Å². The summed E-state index contributed by atoms with van der Waals surface area (Å²) in [5.74, 6) is 1.19. The number of nitrogens with two attached hydrogens (primary N) is 1. The Morgan fingerprint density at radius 3 is 2.50 bits per heavy atom. The minimum absolute atomic E-state index is 0.348. The largest absolute Gasteiger partial charge is 0.383 e. The van der Waals surface area contributed by atoms with Crippen LogP contribution in [-0.4, -0.2) is 44.6 Å². The quantitative estimate of drug-likeness (QED) is 0.301. The monoisotopic (exact) mass is 554 g/mol. The number of pyridine rings is 1. The van der Waals surface area contributed by atoms with Crippen molar-refractivity contribution in [2.75, 3.05) is 35.2 Å². The van der Waals surface area contributed by atoms with E-state index in [2.05, 4.69) is 68.7 Å². The molecule has 8 nitrogen and oxygen atoms in total. The molecule has 5 heterocycles. The fourth-order valence-electron chi connectivity index (χ4n) is 5.84. The average Bonchev–Trinajstić information content (AvgIpc) is 2.97. The zero-order valence-corrected chi connectivity index (χ0v) is 24.1. The molecule has 1 saturated heterocycles. The van der Waals surface area contributed by atoms with Crippen molar-refractivity contribution in [3.63, 3.8) is 0 Å². The van der Waals surface area contributed by atoms with Crippen LogP contribution in [-0.2, 0) is 19.4 Å². The van der Waals surface area contributed by atoms with E-state index in [9.17, 15) is 0 Å². The fourth-order valence-corrected chi connectivity index (χ4v) is 6.15. The van der Waals surface area contributed by atoms with Gasteiger partial charge in [0.1, 0.15) is 16.7 Å². The summed E-state index contributed by atoms with van der Waals surface area (Å²) in [6.07, 6.45) is 10.8. The van der Waals surface area contributed by atoms with Gasteiger partial charge in [-0.1, -0.05) is 50.6 Å². The molecule has 9 heteroatoms. The molecule has 0 saturated carbocycles. The summed E-state index contributed by atoms with van der Waals surface area (Å²) < 4.78 is 0. The van der Waals surface area contributed by atoms with Crippen LogP contribution in [0.15, 0.2) is 49.1 Å².